The highest BCUT2D eigenvalue weighted by atomic mass is 35.5. The lowest BCUT2D eigenvalue weighted by Gasteiger charge is -2.28. The van der Waals surface area contributed by atoms with E-state index in [1.807, 2.05) is 36.4 Å². The molecule has 0 radical (unpaired) electrons. The second kappa shape index (κ2) is 5.41. The minimum atomic E-state index is -0.383. The van der Waals surface area contributed by atoms with Crippen molar-refractivity contribution in [3.05, 3.63) is 70.7 Å². The molecular formula is C18H17ClO. The number of ketones is 1. The van der Waals surface area contributed by atoms with E-state index in [1.165, 1.54) is 0 Å². The molecule has 2 aromatic carbocycles. The minimum absolute atomic E-state index is 0.173. The Morgan fingerprint density at radius 1 is 0.900 bits per heavy atom. The van der Waals surface area contributed by atoms with Gasteiger partial charge < -0.3 is 0 Å². The van der Waals surface area contributed by atoms with Crippen molar-refractivity contribution in [1.29, 1.82) is 0 Å². The van der Waals surface area contributed by atoms with E-state index < -0.39 is 0 Å². The highest BCUT2D eigenvalue weighted by Crippen LogP contribution is 2.44. The molecular weight excluding hydrogens is 268 g/mol. The van der Waals surface area contributed by atoms with E-state index >= 15 is 0 Å². The maximum Gasteiger partial charge on any atom is 0.174 e. The third-order valence-electron chi connectivity index (χ3n) is 4.34. The Bertz CT molecular complexity index is 612. The van der Waals surface area contributed by atoms with Gasteiger partial charge in [0.1, 0.15) is 0 Å². The van der Waals surface area contributed by atoms with Gasteiger partial charge in [0.2, 0.25) is 0 Å². The summed E-state index contributed by atoms with van der Waals surface area (Å²) in [6.07, 6.45) is 4.04. The predicted octanol–water partition coefficient (Wildman–Crippen LogP) is 5.03. The molecule has 102 valence electrons. The molecule has 0 aromatic heterocycles. The molecule has 0 spiro atoms. The van der Waals surface area contributed by atoms with Gasteiger partial charge in [0.25, 0.3) is 0 Å². The number of Topliss-reactive ketones (excluding diaryl/α,β-unsaturated/α-hetero) is 1. The minimum Gasteiger partial charge on any atom is -0.293 e. The largest absolute Gasteiger partial charge is 0.293 e. The van der Waals surface area contributed by atoms with Crippen LogP contribution in [-0.4, -0.2) is 5.78 Å². The fourth-order valence-electron chi connectivity index (χ4n) is 3.29. The first-order valence-corrected chi connectivity index (χ1v) is 7.47. The predicted molar refractivity (Wildman–Crippen MR) is 82.4 cm³/mol. The standard InChI is InChI=1S/C18H17ClO/c19-16-11-5-4-10-15(16)17(20)18(12-6-7-13-18)14-8-2-1-3-9-14/h1-5,8-11H,6-7,12-13H2. The molecule has 1 aliphatic carbocycles. The maximum absolute atomic E-state index is 13.1. The van der Waals surface area contributed by atoms with Gasteiger partial charge >= 0.3 is 0 Å². The number of halogens is 1. The Labute approximate surface area is 124 Å². The summed E-state index contributed by atoms with van der Waals surface area (Å²) < 4.78 is 0. The van der Waals surface area contributed by atoms with Crippen molar-refractivity contribution in [2.75, 3.05) is 0 Å². The lowest BCUT2D eigenvalue weighted by molar-refractivity contribution is 0.0886. The van der Waals surface area contributed by atoms with Crippen LogP contribution < -0.4 is 0 Å². The number of rotatable bonds is 3. The van der Waals surface area contributed by atoms with Gasteiger partial charge in [0, 0.05) is 5.56 Å². The van der Waals surface area contributed by atoms with Crippen LogP contribution in [-0.2, 0) is 5.41 Å². The molecule has 2 heteroatoms. The Hall–Kier alpha value is -1.60. The molecule has 1 fully saturated rings. The summed E-state index contributed by atoms with van der Waals surface area (Å²) in [6, 6.07) is 17.5. The molecule has 20 heavy (non-hydrogen) atoms. The third-order valence-corrected chi connectivity index (χ3v) is 4.67. The fraction of sp³-hybridized carbons (Fsp3) is 0.278. The first-order chi connectivity index (χ1) is 9.74. The topological polar surface area (TPSA) is 17.1 Å². The molecule has 0 saturated heterocycles. The number of carbonyl (C=O) groups excluding carboxylic acids is 1. The Morgan fingerprint density at radius 2 is 1.50 bits per heavy atom. The highest BCUT2D eigenvalue weighted by Gasteiger charge is 2.43. The Kier molecular flexibility index (Phi) is 3.62. The molecule has 0 amide bonds. The molecule has 0 heterocycles. The third kappa shape index (κ3) is 2.16. The lowest BCUT2D eigenvalue weighted by Crippen LogP contribution is -2.33. The average molecular weight is 285 g/mol. The summed E-state index contributed by atoms with van der Waals surface area (Å²) in [7, 11) is 0. The van der Waals surface area contributed by atoms with Gasteiger partial charge in [-0.05, 0) is 30.5 Å². The monoisotopic (exact) mass is 284 g/mol. The molecule has 1 saturated carbocycles. The van der Waals surface area contributed by atoms with E-state index in [0.29, 0.717) is 10.6 Å². The van der Waals surface area contributed by atoms with Crippen LogP contribution in [0.2, 0.25) is 5.02 Å². The van der Waals surface area contributed by atoms with Crippen molar-refractivity contribution < 1.29 is 4.79 Å². The van der Waals surface area contributed by atoms with Crippen LogP contribution in [0.15, 0.2) is 54.6 Å². The number of hydrogen-bond acceptors (Lipinski definition) is 1. The molecule has 0 aliphatic heterocycles. The summed E-state index contributed by atoms with van der Waals surface area (Å²) in [5, 5.41) is 0.555. The van der Waals surface area contributed by atoms with Gasteiger partial charge in [-0.1, -0.05) is 66.9 Å². The van der Waals surface area contributed by atoms with E-state index in [-0.39, 0.29) is 11.2 Å². The molecule has 2 aromatic rings. The van der Waals surface area contributed by atoms with Gasteiger partial charge in [-0.2, -0.15) is 0 Å². The van der Waals surface area contributed by atoms with Crippen molar-refractivity contribution in [1.82, 2.24) is 0 Å². The number of hydrogen-bond donors (Lipinski definition) is 0. The lowest BCUT2D eigenvalue weighted by atomic mass is 9.73. The Morgan fingerprint density at radius 3 is 2.15 bits per heavy atom. The quantitative estimate of drug-likeness (QED) is 0.722. The van der Waals surface area contributed by atoms with Gasteiger partial charge in [-0.15, -0.1) is 0 Å². The van der Waals surface area contributed by atoms with Gasteiger partial charge in [0.05, 0.1) is 10.4 Å². The molecule has 1 aliphatic rings. The summed E-state index contributed by atoms with van der Waals surface area (Å²) >= 11 is 6.23. The van der Waals surface area contributed by atoms with Crippen molar-refractivity contribution in [2.24, 2.45) is 0 Å². The first-order valence-electron chi connectivity index (χ1n) is 7.09. The van der Waals surface area contributed by atoms with Gasteiger partial charge in [-0.3, -0.25) is 4.79 Å². The van der Waals surface area contributed by atoms with Crippen LogP contribution in [0, 0.1) is 0 Å². The van der Waals surface area contributed by atoms with Crippen molar-refractivity contribution in [2.45, 2.75) is 31.1 Å². The zero-order valence-electron chi connectivity index (χ0n) is 11.3. The normalized spacial score (nSPS) is 17.1. The summed E-state index contributed by atoms with van der Waals surface area (Å²) in [5.74, 6) is 0.173. The smallest absolute Gasteiger partial charge is 0.174 e. The van der Waals surface area contributed by atoms with Crippen LogP contribution in [0.1, 0.15) is 41.6 Å². The van der Waals surface area contributed by atoms with E-state index in [1.54, 1.807) is 6.07 Å². The van der Waals surface area contributed by atoms with Crippen LogP contribution in [0.5, 0.6) is 0 Å². The van der Waals surface area contributed by atoms with Gasteiger partial charge in [0.15, 0.2) is 5.78 Å². The number of carbonyl (C=O) groups is 1. The molecule has 3 rings (SSSR count). The Balaban J connectivity index is 2.08. The van der Waals surface area contributed by atoms with Gasteiger partial charge in [-0.25, -0.2) is 0 Å². The number of benzene rings is 2. The summed E-state index contributed by atoms with van der Waals surface area (Å²) in [4.78, 5) is 13.1. The SMILES string of the molecule is O=C(c1ccccc1Cl)C1(c2ccccc2)CCCC1. The summed E-state index contributed by atoms with van der Waals surface area (Å²) in [5.41, 5.74) is 1.40. The van der Waals surface area contributed by atoms with Crippen molar-refractivity contribution in [3.8, 4) is 0 Å². The average Bonchev–Trinajstić information content (AvgIpc) is 2.99. The fourth-order valence-corrected chi connectivity index (χ4v) is 3.51. The van der Waals surface area contributed by atoms with E-state index in [0.717, 1.165) is 31.2 Å². The van der Waals surface area contributed by atoms with E-state index in [4.69, 9.17) is 11.6 Å². The van der Waals surface area contributed by atoms with Crippen LogP contribution in [0.25, 0.3) is 0 Å². The zero-order chi connectivity index (χ0) is 14.0. The van der Waals surface area contributed by atoms with Crippen LogP contribution in [0.3, 0.4) is 0 Å². The van der Waals surface area contributed by atoms with Crippen LogP contribution >= 0.6 is 11.6 Å². The molecule has 0 N–H and O–H groups in total. The zero-order valence-corrected chi connectivity index (χ0v) is 12.1. The first kappa shape index (κ1) is 13.4. The van der Waals surface area contributed by atoms with Crippen LogP contribution in [0.4, 0.5) is 0 Å². The van der Waals surface area contributed by atoms with Crippen molar-refractivity contribution in [3.63, 3.8) is 0 Å². The second-order valence-corrected chi connectivity index (χ2v) is 5.87. The molecule has 0 atom stereocenters. The second-order valence-electron chi connectivity index (χ2n) is 5.46. The summed E-state index contributed by atoms with van der Waals surface area (Å²) in [6.45, 7) is 0. The van der Waals surface area contributed by atoms with E-state index in [2.05, 4.69) is 12.1 Å². The molecule has 0 unspecified atom stereocenters. The molecule has 1 nitrogen and oxygen atoms in total. The molecule has 0 bridgehead atoms. The maximum atomic E-state index is 13.1. The van der Waals surface area contributed by atoms with Crippen molar-refractivity contribution >= 4 is 17.4 Å². The van der Waals surface area contributed by atoms with E-state index in [9.17, 15) is 4.79 Å². The highest BCUT2D eigenvalue weighted by molar-refractivity contribution is 6.34.